The third-order valence-electron chi connectivity index (χ3n) is 6.39. The van der Waals surface area contributed by atoms with Crippen LogP contribution in [0.4, 0.5) is 10.1 Å². The molecule has 1 saturated heterocycles. The normalized spacial score (nSPS) is 18.5. The molecule has 5 rings (SSSR count). The first-order valence-electron chi connectivity index (χ1n) is 10.5. The van der Waals surface area contributed by atoms with E-state index in [-0.39, 0.29) is 17.5 Å². The van der Waals surface area contributed by atoms with Gasteiger partial charge in [0.25, 0.3) is 10.0 Å². The number of halogens is 1. The first kappa shape index (κ1) is 20.2. The number of likely N-dealkylation sites (tertiary alicyclic amines) is 1. The molecule has 3 aromatic rings. The maximum absolute atomic E-state index is 13.1. The first-order chi connectivity index (χ1) is 14.9. The molecule has 0 atom stereocenters. The Labute approximate surface area is 181 Å². The standard InChI is InChI=1S/C24H23FN2O3S/c25-20-9-7-18(8-10-20)24(28)19-11-13-26(14-12-19)15-16-27-21-5-1-3-17-4-2-6-22(23(17)21)31(27,29)30/h1-10,19H,11-16H2. The van der Waals surface area contributed by atoms with Crippen molar-refractivity contribution in [3.8, 4) is 0 Å². The van der Waals surface area contributed by atoms with Gasteiger partial charge in [0, 0.05) is 30.0 Å². The number of Topliss-reactive ketones (excluding diaryl/α,β-unsaturated/α-hetero) is 1. The molecule has 0 N–H and O–H groups in total. The van der Waals surface area contributed by atoms with Crippen molar-refractivity contribution in [2.24, 2.45) is 5.92 Å². The minimum absolute atomic E-state index is 0.0592. The maximum Gasteiger partial charge on any atom is 0.265 e. The summed E-state index contributed by atoms with van der Waals surface area (Å²) in [5.74, 6) is -0.361. The van der Waals surface area contributed by atoms with Crippen molar-refractivity contribution in [2.45, 2.75) is 17.7 Å². The van der Waals surface area contributed by atoms with Crippen LogP contribution in [0.5, 0.6) is 0 Å². The van der Waals surface area contributed by atoms with Crippen molar-refractivity contribution < 1.29 is 17.6 Å². The van der Waals surface area contributed by atoms with Crippen LogP contribution in [0.25, 0.3) is 10.8 Å². The average Bonchev–Trinajstić information content (AvgIpc) is 3.01. The maximum atomic E-state index is 13.1. The third-order valence-corrected chi connectivity index (χ3v) is 8.24. The summed E-state index contributed by atoms with van der Waals surface area (Å²) in [6, 6.07) is 16.8. The molecule has 2 aliphatic heterocycles. The highest BCUT2D eigenvalue weighted by Gasteiger charge is 2.35. The van der Waals surface area contributed by atoms with Gasteiger partial charge in [0.05, 0.1) is 10.6 Å². The lowest BCUT2D eigenvalue weighted by atomic mass is 9.89. The Kier molecular flexibility index (Phi) is 5.02. The molecule has 0 spiro atoms. The van der Waals surface area contributed by atoms with Gasteiger partial charge in [-0.3, -0.25) is 9.10 Å². The molecule has 0 bridgehead atoms. The Morgan fingerprint density at radius 1 is 0.935 bits per heavy atom. The average molecular weight is 439 g/mol. The number of hydrogen-bond acceptors (Lipinski definition) is 4. The van der Waals surface area contributed by atoms with Gasteiger partial charge in [-0.05, 0) is 67.7 Å². The summed E-state index contributed by atoms with van der Waals surface area (Å²) in [6.45, 7) is 2.47. The number of rotatable bonds is 5. The molecule has 7 heteroatoms. The molecule has 2 aliphatic rings. The van der Waals surface area contributed by atoms with Crippen LogP contribution < -0.4 is 4.31 Å². The summed E-state index contributed by atoms with van der Waals surface area (Å²) in [5, 5.41) is 1.73. The molecule has 0 aromatic heterocycles. The van der Waals surface area contributed by atoms with Crippen molar-refractivity contribution in [1.29, 1.82) is 0 Å². The van der Waals surface area contributed by atoms with E-state index in [4.69, 9.17) is 0 Å². The Balaban J connectivity index is 1.24. The molecule has 5 nitrogen and oxygen atoms in total. The van der Waals surface area contributed by atoms with Crippen LogP contribution in [0.2, 0.25) is 0 Å². The molecule has 160 valence electrons. The number of hydrogen-bond donors (Lipinski definition) is 0. The number of sulfonamides is 1. The molecular weight excluding hydrogens is 415 g/mol. The number of ketones is 1. The number of benzene rings is 3. The molecule has 0 amide bonds. The highest BCUT2D eigenvalue weighted by atomic mass is 32.2. The van der Waals surface area contributed by atoms with Gasteiger partial charge in [-0.2, -0.15) is 0 Å². The number of carbonyl (C=O) groups excluding carboxylic acids is 1. The van der Waals surface area contributed by atoms with Crippen molar-refractivity contribution in [3.63, 3.8) is 0 Å². The van der Waals surface area contributed by atoms with E-state index in [1.54, 1.807) is 24.3 Å². The topological polar surface area (TPSA) is 57.7 Å². The van der Waals surface area contributed by atoms with Gasteiger partial charge in [0.2, 0.25) is 0 Å². The molecule has 0 radical (unpaired) electrons. The summed E-state index contributed by atoms with van der Waals surface area (Å²) in [5.41, 5.74) is 1.29. The van der Waals surface area contributed by atoms with E-state index in [1.807, 2.05) is 24.3 Å². The fourth-order valence-corrected chi connectivity index (χ4v) is 6.40. The van der Waals surface area contributed by atoms with Gasteiger partial charge in [-0.15, -0.1) is 0 Å². The second kappa shape index (κ2) is 7.73. The van der Waals surface area contributed by atoms with Crippen LogP contribution in [0.1, 0.15) is 23.2 Å². The zero-order valence-electron chi connectivity index (χ0n) is 17.0. The van der Waals surface area contributed by atoms with Gasteiger partial charge in [0.15, 0.2) is 5.78 Å². The zero-order valence-corrected chi connectivity index (χ0v) is 17.8. The molecule has 0 saturated carbocycles. The zero-order chi connectivity index (χ0) is 21.6. The van der Waals surface area contributed by atoms with Crippen molar-refractivity contribution in [1.82, 2.24) is 4.90 Å². The molecular formula is C24H23FN2O3S. The molecule has 1 fully saturated rings. The summed E-state index contributed by atoms with van der Waals surface area (Å²) in [7, 11) is -3.54. The molecule has 0 unspecified atom stereocenters. The highest BCUT2D eigenvalue weighted by Crippen LogP contribution is 2.41. The molecule has 3 aromatic carbocycles. The van der Waals surface area contributed by atoms with Crippen LogP contribution in [-0.2, 0) is 10.0 Å². The van der Waals surface area contributed by atoms with E-state index >= 15 is 0 Å². The van der Waals surface area contributed by atoms with Crippen molar-refractivity contribution in [2.75, 3.05) is 30.5 Å². The lowest BCUT2D eigenvalue weighted by Gasteiger charge is -2.32. The largest absolute Gasteiger partial charge is 0.301 e. The number of anilines is 1. The van der Waals surface area contributed by atoms with Gasteiger partial charge < -0.3 is 4.90 Å². The van der Waals surface area contributed by atoms with E-state index in [1.165, 1.54) is 16.4 Å². The first-order valence-corrected chi connectivity index (χ1v) is 12.0. The van der Waals surface area contributed by atoms with Gasteiger partial charge in [0.1, 0.15) is 5.82 Å². The van der Waals surface area contributed by atoms with Gasteiger partial charge in [-0.1, -0.05) is 24.3 Å². The highest BCUT2D eigenvalue weighted by molar-refractivity contribution is 7.93. The monoisotopic (exact) mass is 438 g/mol. The minimum atomic E-state index is -3.54. The van der Waals surface area contributed by atoms with Crippen molar-refractivity contribution >= 4 is 32.3 Å². The number of piperidine rings is 1. The Morgan fingerprint density at radius 2 is 1.61 bits per heavy atom. The quantitative estimate of drug-likeness (QED) is 0.563. The predicted octanol–water partition coefficient (Wildman–Crippen LogP) is 4.08. The molecule has 0 aliphatic carbocycles. The van der Waals surface area contributed by atoms with Gasteiger partial charge in [-0.25, -0.2) is 12.8 Å². The van der Waals surface area contributed by atoms with E-state index < -0.39 is 10.0 Å². The fourth-order valence-electron chi connectivity index (χ4n) is 4.70. The number of nitrogens with zero attached hydrogens (tertiary/aromatic N) is 2. The third kappa shape index (κ3) is 3.51. The second-order valence-corrected chi connectivity index (χ2v) is 10.0. The lowest BCUT2D eigenvalue weighted by molar-refractivity contribution is 0.0843. The smallest absolute Gasteiger partial charge is 0.265 e. The van der Waals surface area contributed by atoms with Crippen LogP contribution >= 0.6 is 0 Å². The summed E-state index contributed by atoms with van der Waals surface area (Å²) >= 11 is 0. The van der Waals surface area contributed by atoms with E-state index in [2.05, 4.69) is 4.90 Å². The minimum Gasteiger partial charge on any atom is -0.301 e. The summed E-state index contributed by atoms with van der Waals surface area (Å²) in [6.07, 6.45) is 1.44. The molecule has 31 heavy (non-hydrogen) atoms. The summed E-state index contributed by atoms with van der Waals surface area (Å²) < 4.78 is 40.8. The fraction of sp³-hybridized carbons (Fsp3) is 0.292. The van der Waals surface area contributed by atoms with Crippen LogP contribution in [-0.4, -0.2) is 45.3 Å². The van der Waals surface area contributed by atoms with Crippen molar-refractivity contribution in [3.05, 3.63) is 72.0 Å². The SMILES string of the molecule is O=C(c1ccc(F)cc1)C1CCN(CCN2c3cccc4cccc(c34)S2(=O)=O)CC1. The predicted molar refractivity (Wildman–Crippen MR) is 118 cm³/mol. The van der Waals surface area contributed by atoms with Crippen LogP contribution in [0, 0.1) is 11.7 Å². The Bertz CT molecular complexity index is 1240. The second-order valence-electron chi connectivity index (χ2n) is 8.20. The summed E-state index contributed by atoms with van der Waals surface area (Å²) in [4.78, 5) is 15.3. The Morgan fingerprint density at radius 3 is 2.32 bits per heavy atom. The lowest BCUT2D eigenvalue weighted by Crippen LogP contribution is -2.41. The van der Waals surface area contributed by atoms with Crippen LogP contribution in [0.15, 0.2) is 65.6 Å². The van der Waals surface area contributed by atoms with Gasteiger partial charge >= 0.3 is 0 Å². The van der Waals surface area contributed by atoms with E-state index in [0.717, 1.165) is 42.4 Å². The Hall–Kier alpha value is -2.77. The number of carbonyl (C=O) groups is 1. The molecule has 2 heterocycles. The van der Waals surface area contributed by atoms with E-state index in [0.29, 0.717) is 23.5 Å². The van der Waals surface area contributed by atoms with E-state index in [9.17, 15) is 17.6 Å². The van der Waals surface area contributed by atoms with Crippen LogP contribution in [0.3, 0.4) is 0 Å².